The van der Waals surface area contributed by atoms with Crippen LogP contribution in [0.2, 0.25) is 0 Å². The number of amides is 1. The number of aromatic nitrogens is 1. The molecular weight excluding hydrogens is 430 g/mol. The smallest absolute Gasteiger partial charge is 0.232 e. The standard InChI is InChI=1S/C27H37N3O.C4H8/c1-17(2)6-12-24-25(18(3)15-28)22-14-20(9-13-23(22)29-24)27(4,5)26(31)30-16-19-7-10-21(30)11-8-19;1-4(2)3/h6,9,12-14,18-19,21,29H,1,7-8,10-11,15-16,28H2,2-5H3;1H2,2-3H3/b12-6+;/t18-,19?,21?;/m1./s1. The molecule has 35 heavy (non-hydrogen) atoms. The van der Waals surface area contributed by atoms with Crippen LogP contribution >= 0.6 is 0 Å². The van der Waals surface area contributed by atoms with Crippen LogP contribution in [0.15, 0.2) is 48.6 Å². The Morgan fingerprint density at radius 3 is 2.34 bits per heavy atom. The number of nitrogens with two attached hydrogens (primary N) is 1. The minimum atomic E-state index is -0.556. The van der Waals surface area contributed by atoms with E-state index in [0.29, 0.717) is 18.5 Å². The van der Waals surface area contributed by atoms with Crippen LogP contribution in [0.1, 0.15) is 90.0 Å². The summed E-state index contributed by atoms with van der Waals surface area (Å²) in [6.07, 6.45) is 9.01. The van der Waals surface area contributed by atoms with Crippen LogP contribution in [0.4, 0.5) is 0 Å². The highest BCUT2D eigenvalue weighted by atomic mass is 16.2. The van der Waals surface area contributed by atoms with Gasteiger partial charge in [-0.3, -0.25) is 4.79 Å². The summed E-state index contributed by atoms with van der Waals surface area (Å²) in [7, 11) is 0. The number of hydrogen-bond acceptors (Lipinski definition) is 2. The van der Waals surface area contributed by atoms with Crippen molar-refractivity contribution in [3.63, 3.8) is 0 Å². The van der Waals surface area contributed by atoms with Crippen molar-refractivity contribution < 1.29 is 4.79 Å². The highest BCUT2D eigenvalue weighted by Crippen LogP contribution is 2.39. The first-order valence-corrected chi connectivity index (χ1v) is 13.1. The van der Waals surface area contributed by atoms with E-state index in [4.69, 9.17) is 5.73 Å². The Balaban J connectivity index is 0.000000795. The van der Waals surface area contributed by atoms with Crippen LogP contribution in [0.3, 0.4) is 0 Å². The fourth-order valence-electron chi connectivity index (χ4n) is 5.43. The third kappa shape index (κ3) is 5.98. The van der Waals surface area contributed by atoms with E-state index in [9.17, 15) is 4.79 Å². The SMILES string of the molecule is C=C(C)/C=C/c1[nH]c2ccc(C(C)(C)C(=O)N3CC4CCC3CC4)cc2c1[C@H](C)CN.C=C(C)C. The molecule has 0 radical (unpaired) electrons. The number of carbonyl (C=O) groups excluding carboxylic acids is 1. The average molecular weight is 476 g/mol. The molecule has 2 saturated heterocycles. The van der Waals surface area contributed by atoms with Crippen molar-refractivity contribution in [2.45, 2.75) is 84.6 Å². The molecule has 3 heterocycles. The predicted molar refractivity (Wildman–Crippen MR) is 151 cm³/mol. The number of allylic oxidation sites excluding steroid dienone is 3. The number of rotatable bonds is 6. The van der Waals surface area contributed by atoms with E-state index in [1.54, 1.807) is 0 Å². The summed E-state index contributed by atoms with van der Waals surface area (Å²) in [6, 6.07) is 6.88. The van der Waals surface area contributed by atoms with Crippen molar-refractivity contribution in [1.29, 1.82) is 0 Å². The van der Waals surface area contributed by atoms with Crippen LogP contribution in [0.5, 0.6) is 0 Å². The van der Waals surface area contributed by atoms with E-state index >= 15 is 0 Å². The minimum Gasteiger partial charge on any atom is -0.355 e. The number of H-pyrrole nitrogens is 1. The highest BCUT2D eigenvalue weighted by Gasteiger charge is 2.42. The van der Waals surface area contributed by atoms with Crippen LogP contribution in [0, 0.1) is 5.92 Å². The third-order valence-electron chi connectivity index (χ3n) is 7.48. The molecule has 2 aromatic rings. The second-order valence-corrected chi connectivity index (χ2v) is 11.5. The van der Waals surface area contributed by atoms with Crippen molar-refractivity contribution in [2.75, 3.05) is 13.1 Å². The molecule has 3 fully saturated rings. The predicted octanol–water partition coefficient (Wildman–Crippen LogP) is 7.08. The molecule has 1 aliphatic carbocycles. The second-order valence-electron chi connectivity index (χ2n) is 11.5. The van der Waals surface area contributed by atoms with Gasteiger partial charge in [-0.25, -0.2) is 0 Å². The summed E-state index contributed by atoms with van der Waals surface area (Å²) in [6.45, 7) is 21.3. The molecule has 2 bridgehead atoms. The van der Waals surface area contributed by atoms with Crippen molar-refractivity contribution in [3.05, 3.63) is 65.4 Å². The minimum absolute atomic E-state index is 0.213. The van der Waals surface area contributed by atoms with Crippen LogP contribution in [0.25, 0.3) is 17.0 Å². The Labute approximate surface area is 212 Å². The monoisotopic (exact) mass is 475 g/mol. The Morgan fingerprint density at radius 1 is 1.20 bits per heavy atom. The summed E-state index contributed by atoms with van der Waals surface area (Å²) in [5.74, 6) is 1.18. The summed E-state index contributed by atoms with van der Waals surface area (Å²) in [5, 5.41) is 1.16. The topological polar surface area (TPSA) is 62.1 Å². The summed E-state index contributed by atoms with van der Waals surface area (Å²) < 4.78 is 0. The normalized spacial score (nSPS) is 20.6. The van der Waals surface area contributed by atoms with Gasteiger partial charge in [0.15, 0.2) is 0 Å². The lowest BCUT2D eigenvalue weighted by atomic mass is 9.76. The van der Waals surface area contributed by atoms with E-state index in [-0.39, 0.29) is 11.8 Å². The summed E-state index contributed by atoms with van der Waals surface area (Å²) >= 11 is 0. The summed E-state index contributed by atoms with van der Waals surface area (Å²) in [5.41, 5.74) is 12.1. The first kappa shape index (κ1) is 27.0. The fourth-order valence-corrected chi connectivity index (χ4v) is 5.43. The molecule has 190 valence electrons. The van der Waals surface area contributed by atoms with Crippen molar-refractivity contribution >= 4 is 22.9 Å². The van der Waals surface area contributed by atoms with Gasteiger partial charge in [0.1, 0.15) is 0 Å². The van der Waals surface area contributed by atoms with Gasteiger partial charge in [-0.1, -0.05) is 36.8 Å². The maximum absolute atomic E-state index is 13.7. The Kier molecular flexibility index (Phi) is 8.48. The highest BCUT2D eigenvalue weighted by molar-refractivity contribution is 5.92. The van der Waals surface area contributed by atoms with Crippen molar-refractivity contribution in [3.8, 4) is 0 Å². The molecule has 4 heteroatoms. The van der Waals surface area contributed by atoms with Gasteiger partial charge in [0.25, 0.3) is 0 Å². The molecule has 2 aliphatic heterocycles. The number of fused-ring (bicyclic) bond motifs is 4. The van der Waals surface area contributed by atoms with Crippen molar-refractivity contribution in [1.82, 2.24) is 9.88 Å². The molecule has 5 rings (SSSR count). The van der Waals surface area contributed by atoms with Gasteiger partial charge < -0.3 is 15.6 Å². The first-order chi connectivity index (χ1) is 16.4. The molecule has 1 saturated carbocycles. The number of benzene rings is 1. The number of piperidine rings is 2. The van der Waals surface area contributed by atoms with Gasteiger partial charge in [0, 0.05) is 29.2 Å². The molecular formula is C31H45N3O. The Bertz CT molecular complexity index is 1110. The molecule has 1 amide bonds. The molecule has 0 spiro atoms. The lowest BCUT2D eigenvalue weighted by molar-refractivity contribution is -0.144. The zero-order valence-electron chi connectivity index (χ0n) is 22.7. The summed E-state index contributed by atoms with van der Waals surface area (Å²) in [4.78, 5) is 19.4. The van der Waals surface area contributed by atoms with Gasteiger partial charge in [0.2, 0.25) is 5.91 Å². The number of nitrogens with zero attached hydrogens (tertiary/aromatic N) is 1. The molecule has 1 aromatic carbocycles. The van der Waals surface area contributed by atoms with Crippen LogP contribution in [-0.4, -0.2) is 34.9 Å². The number of aromatic amines is 1. The lowest BCUT2D eigenvalue weighted by Crippen LogP contribution is -2.55. The zero-order chi connectivity index (χ0) is 25.9. The lowest BCUT2D eigenvalue weighted by Gasteiger charge is -2.47. The maximum atomic E-state index is 13.7. The average Bonchev–Trinajstić information content (AvgIpc) is 3.19. The van der Waals surface area contributed by atoms with Crippen LogP contribution < -0.4 is 5.73 Å². The van der Waals surface area contributed by atoms with E-state index in [0.717, 1.165) is 34.3 Å². The Morgan fingerprint density at radius 2 is 1.83 bits per heavy atom. The van der Waals surface area contributed by atoms with E-state index in [1.807, 2.05) is 26.8 Å². The van der Waals surface area contributed by atoms with Gasteiger partial charge in [-0.2, -0.15) is 0 Å². The fraction of sp³-hybridized carbons (Fsp3) is 0.516. The maximum Gasteiger partial charge on any atom is 0.232 e. The van der Waals surface area contributed by atoms with Crippen molar-refractivity contribution in [2.24, 2.45) is 11.7 Å². The molecule has 1 atom stereocenters. The van der Waals surface area contributed by atoms with Crippen LogP contribution in [-0.2, 0) is 10.2 Å². The van der Waals surface area contributed by atoms with Gasteiger partial charge in [-0.15, -0.1) is 6.58 Å². The largest absolute Gasteiger partial charge is 0.355 e. The molecule has 0 unspecified atom stereocenters. The molecule has 3 aliphatic rings. The van der Waals surface area contributed by atoms with Gasteiger partial charge >= 0.3 is 0 Å². The quantitative estimate of drug-likeness (QED) is 0.346. The van der Waals surface area contributed by atoms with Gasteiger partial charge in [-0.05, 0) is 108 Å². The zero-order valence-corrected chi connectivity index (χ0v) is 22.7. The first-order valence-electron chi connectivity index (χ1n) is 13.1. The number of nitrogens with one attached hydrogen (secondary N) is 1. The van der Waals surface area contributed by atoms with E-state index in [2.05, 4.69) is 68.1 Å². The van der Waals surface area contributed by atoms with E-state index < -0.39 is 5.41 Å². The Hall–Kier alpha value is -2.59. The molecule has 3 N–H and O–H groups in total. The number of carbonyl (C=O) groups is 1. The van der Waals surface area contributed by atoms with E-state index in [1.165, 1.54) is 36.8 Å². The molecule has 1 aromatic heterocycles. The third-order valence-corrected chi connectivity index (χ3v) is 7.48. The second kappa shape index (κ2) is 11.0. The van der Waals surface area contributed by atoms with Gasteiger partial charge in [0.05, 0.1) is 5.41 Å². The number of hydrogen-bond donors (Lipinski definition) is 2. The molecule has 4 nitrogen and oxygen atoms in total.